The molecule has 1 aromatic heterocycles. The lowest BCUT2D eigenvalue weighted by Crippen LogP contribution is -2.35. The van der Waals surface area contributed by atoms with Crippen LogP contribution >= 0.6 is 11.8 Å². The van der Waals surface area contributed by atoms with Crippen molar-refractivity contribution in [1.29, 1.82) is 0 Å². The van der Waals surface area contributed by atoms with Gasteiger partial charge in [-0.15, -0.1) is 0 Å². The highest BCUT2D eigenvalue weighted by Crippen LogP contribution is 2.38. The van der Waals surface area contributed by atoms with E-state index in [1.54, 1.807) is 25.4 Å². The van der Waals surface area contributed by atoms with Crippen LogP contribution < -0.4 is 15.0 Å². The summed E-state index contributed by atoms with van der Waals surface area (Å²) < 4.78 is 43.1. The number of aromatic nitrogens is 1. The number of carbonyl (C=O) groups is 2. The highest BCUT2D eigenvalue weighted by molar-refractivity contribution is 8.00. The number of hydrogen-bond acceptors (Lipinski definition) is 5. The van der Waals surface area contributed by atoms with Crippen LogP contribution in [0.5, 0.6) is 5.75 Å². The minimum atomic E-state index is -4.42. The summed E-state index contributed by atoms with van der Waals surface area (Å²) >= 11 is -0.261. The molecule has 4 rings (SSSR count). The van der Waals surface area contributed by atoms with Gasteiger partial charge in [0.2, 0.25) is 0 Å². The molecule has 10 heteroatoms. The fourth-order valence-corrected chi connectivity index (χ4v) is 4.35. The van der Waals surface area contributed by atoms with E-state index in [1.165, 1.54) is 24.3 Å². The molecule has 0 aliphatic carbocycles. The van der Waals surface area contributed by atoms with Gasteiger partial charge < -0.3 is 10.1 Å². The Labute approximate surface area is 185 Å². The van der Waals surface area contributed by atoms with Crippen LogP contribution in [-0.4, -0.2) is 35.6 Å². The van der Waals surface area contributed by atoms with Crippen LogP contribution in [0.3, 0.4) is 0 Å². The Morgan fingerprint density at radius 3 is 2.50 bits per heavy atom. The molecule has 0 radical (unpaired) electrons. The zero-order valence-corrected chi connectivity index (χ0v) is 17.8. The molecule has 3 amide bonds. The van der Waals surface area contributed by atoms with Gasteiger partial charge >= 0.3 is 11.5 Å². The first kappa shape index (κ1) is 21.9. The maximum atomic E-state index is 13.1. The number of anilines is 1. The van der Waals surface area contributed by atoms with E-state index in [0.29, 0.717) is 11.3 Å². The Bertz CT molecular complexity index is 1180. The molecule has 1 aliphatic heterocycles. The van der Waals surface area contributed by atoms with Gasteiger partial charge in [0.05, 0.1) is 18.3 Å². The Hall–Kier alpha value is -3.27. The molecular weight excluding hydrogens is 443 g/mol. The van der Waals surface area contributed by atoms with E-state index in [4.69, 9.17) is 4.74 Å². The normalized spacial score (nSPS) is 17.5. The largest absolute Gasteiger partial charge is 0.496 e. The standard InChI is InChI=1S/C22H18F3N3O3S/c1-12(15-10-11-26-16-4-3-5-17(31-2)18(15)16)19-20(29)28(21(30)27-19)13-6-8-14(9-7-13)32-22(23,24)25/h3-12,19H,1-2H3,(H,27,30). The number of pyridine rings is 1. The first-order chi connectivity index (χ1) is 15.2. The molecule has 1 fully saturated rings. The summed E-state index contributed by atoms with van der Waals surface area (Å²) in [6.45, 7) is 1.82. The number of benzene rings is 2. The average molecular weight is 461 g/mol. The number of methoxy groups -OCH3 is 1. The minimum Gasteiger partial charge on any atom is -0.496 e. The van der Waals surface area contributed by atoms with Gasteiger partial charge in [0.15, 0.2) is 0 Å². The number of urea groups is 1. The molecule has 1 saturated heterocycles. The monoisotopic (exact) mass is 461 g/mol. The summed E-state index contributed by atoms with van der Waals surface area (Å²) in [6, 6.07) is 10.8. The van der Waals surface area contributed by atoms with E-state index < -0.39 is 29.4 Å². The number of fused-ring (bicyclic) bond motifs is 1. The maximum absolute atomic E-state index is 13.1. The van der Waals surface area contributed by atoms with Crippen LogP contribution in [0, 0.1) is 0 Å². The minimum absolute atomic E-state index is 0.0337. The van der Waals surface area contributed by atoms with Gasteiger partial charge in [-0.2, -0.15) is 13.2 Å². The van der Waals surface area contributed by atoms with Gasteiger partial charge in [-0.3, -0.25) is 9.78 Å². The molecule has 2 unspecified atom stereocenters. The summed E-state index contributed by atoms with van der Waals surface area (Å²) in [5.41, 5.74) is -2.74. The zero-order valence-electron chi connectivity index (χ0n) is 17.0. The lowest BCUT2D eigenvalue weighted by atomic mass is 9.90. The third-order valence-corrected chi connectivity index (χ3v) is 6.01. The van der Waals surface area contributed by atoms with Crippen LogP contribution in [-0.2, 0) is 4.79 Å². The maximum Gasteiger partial charge on any atom is 0.446 e. The summed E-state index contributed by atoms with van der Waals surface area (Å²) in [4.78, 5) is 31.0. The van der Waals surface area contributed by atoms with Crippen molar-refractivity contribution in [1.82, 2.24) is 10.3 Å². The molecule has 2 aromatic carbocycles. The molecule has 1 N–H and O–H groups in total. The third-order valence-electron chi connectivity index (χ3n) is 5.27. The van der Waals surface area contributed by atoms with E-state index in [1.807, 2.05) is 19.1 Å². The average Bonchev–Trinajstić information content (AvgIpc) is 3.05. The number of rotatable bonds is 5. The van der Waals surface area contributed by atoms with Gasteiger partial charge in [-0.25, -0.2) is 9.69 Å². The predicted molar refractivity (Wildman–Crippen MR) is 115 cm³/mol. The number of hydrogen-bond donors (Lipinski definition) is 1. The lowest BCUT2D eigenvalue weighted by Gasteiger charge is -2.20. The first-order valence-electron chi connectivity index (χ1n) is 9.61. The quantitative estimate of drug-likeness (QED) is 0.424. The van der Waals surface area contributed by atoms with Crippen molar-refractivity contribution >= 4 is 40.3 Å². The third kappa shape index (κ3) is 4.10. The molecule has 0 saturated carbocycles. The number of nitrogens with zero attached hydrogens (tertiary/aromatic N) is 2. The molecule has 1 aliphatic rings. The second-order valence-corrected chi connectivity index (χ2v) is 8.32. The van der Waals surface area contributed by atoms with Crippen molar-refractivity contribution in [2.75, 3.05) is 12.0 Å². The van der Waals surface area contributed by atoms with Crippen molar-refractivity contribution in [3.05, 3.63) is 60.3 Å². The number of imide groups is 1. The van der Waals surface area contributed by atoms with E-state index in [9.17, 15) is 22.8 Å². The number of amides is 3. The highest BCUT2D eigenvalue weighted by atomic mass is 32.2. The van der Waals surface area contributed by atoms with E-state index in [2.05, 4.69) is 10.3 Å². The molecule has 2 atom stereocenters. The first-order valence-corrected chi connectivity index (χ1v) is 10.4. The van der Waals surface area contributed by atoms with Gasteiger partial charge in [0.1, 0.15) is 11.8 Å². The number of alkyl halides is 3. The molecule has 3 aromatic rings. The fraction of sp³-hybridized carbons (Fsp3) is 0.227. The number of nitrogens with one attached hydrogen (secondary N) is 1. The van der Waals surface area contributed by atoms with Crippen molar-refractivity contribution in [3.63, 3.8) is 0 Å². The van der Waals surface area contributed by atoms with Crippen molar-refractivity contribution < 1.29 is 27.5 Å². The number of thioether (sulfide) groups is 1. The van der Waals surface area contributed by atoms with Crippen LogP contribution in [0.1, 0.15) is 18.4 Å². The van der Waals surface area contributed by atoms with Crippen LogP contribution in [0.15, 0.2) is 59.6 Å². The molecule has 6 nitrogen and oxygen atoms in total. The molecule has 2 heterocycles. The second-order valence-electron chi connectivity index (χ2n) is 7.19. The number of ether oxygens (including phenoxy) is 1. The van der Waals surface area contributed by atoms with Gasteiger partial charge in [-0.1, -0.05) is 13.0 Å². The van der Waals surface area contributed by atoms with Crippen LogP contribution in [0.2, 0.25) is 0 Å². The van der Waals surface area contributed by atoms with Crippen LogP contribution in [0.4, 0.5) is 23.7 Å². The summed E-state index contributed by atoms with van der Waals surface area (Å²) in [7, 11) is 1.54. The summed E-state index contributed by atoms with van der Waals surface area (Å²) in [6.07, 6.45) is 1.63. The Morgan fingerprint density at radius 2 is 1.84 bits per heavy atom. The predicted octanol–water partition coefficient (Wildman–Crippen LogP) is 5.08. The Morgan fingerprint density at radius 1 is 1.12 bits per heavy atom. The number of halogens is 3. The SMILES string of the molecule is COc1cccc2nccc(C(C)C3NC(=O)N(c4ccc(SC(F)(F)F)cc4)C3=O)c12. The Kier molecular flexibility index (Phi) is 5.72. The second kappa shape index (κ2) is 8.34. The summed E-state index contributed by atoms with van der Waals surface area (Å²) in [5, 5.41) is 3.45. The smallest absolute Gasteiger partial charge is 0.446 e. The number of carbonyl (C=O) groups excluding carboxylic acids is 2. The molecule has 166 valence electrons. The highest BCUT2D eigenvalue weighted by Gasteiger charge is 2.43. The summed E-state index contributed by atoms with van der Waals surface area (Å²) in [5.74, 6) is -0.305. The molecule has 32 heavy (non-hydrogen) atoms. The molecule has 0 bridgehead atoms. The molecular formula is C22H18F3N3O3S. The lowest BCUT2D eigenvalue weighted by molar-refractivity contribution is -0.118. The topological polar surface area (TPSA) is 71.5 Å². The Balaban J connectivity index is 1.63. The fourth-order valence-electron chi connectivity index (χ4n) is 3.81. The van der Waals surface area contributed by atoms with Gasteiger partial charge in [0.25, 0.3) is 5.91 Å². The van der Waals surface area contributed by atoms with E-state index in [0.717, 1.165) is 15.8 Å². The van der Waals surface area contributed by atoms with Crippen molar-refractivity contribution in [3.8, 4) is 5.75 Å². The van der Waals surface area contributed by atoms with Crippen molar-refractivity contribution in [2.24, 2.45) is 0 Å². The van der Waals surface area contributed by atoms with Gasteiger partial charge in [-0.05, 0) is 59.8 Å². The zero-order chi connectivity index (χ0) is 23.0. The van der Waals surface area contributed by atoms with Crippen LogP contribution in [0.25, 0.3) is 10.9 Å². The van der Waals surface area contributed by atoms with E-state index in [-0.39, 0.29) is 22.3 Å². The molecule has 0 spiro atoms. The van der Waals surface area contributed by atoms with E-state index >= 15 is 0 Å². The van der Waals surface area contributed by atoms with Gasteiger partial charge in [0, 0.05) is 22.4 Å². The van der Waals surface area contributed by atoms with Crippen molar-refractivity contribution in [2.45, 2.75) is 29.3 Å².